The van der Waals surface area contributed by atoms with E-state index in [1.165, 1.54) is 186 Å². The van der Waals surface area contributed by atoms with Crippen LogP contribution in [0.3, 0.4) is 0 Å². The predicted molar refractivity (Wildman–Crippen MR) is 245 cm³/mol. The Morgan fingerprint density at radius 3 is 1.05 bits per heavy atom. The number of nitrogens with zero attached hydrogens (tertiary/aromatic N) is 1. The van der Waals surface area contributed by atoms with Gasteiger partial charge in [0.05, 0.1) is 40.3 Å². The van der Waals surface area contributed by atoms with Crippen molar-refractivity contribution in [2.75, 3.05) is 41.0 Å². The summed E-state index contributed by atoms with van der Waals surface area (Å²) in [7, 11) is 5.43. The molecule has 0 radical (unpaired) electrons. The third-order valence-electron chi connectivity index (χ3n) is 12.0. The highest BCUT2D eigenvalue weighted by atomic mass is 16.6. The average Bonchev–Trinajstić information content (AvgIpc) is 3.19. The first-order valence-electron chi connectivity index (χ1n) is 25.6. The number of ether oxygens (including phenoxy) is 3. The van der Waals surface area contributed by atoms with Gasteiger partial charge in [-0.25, -0.2) is 0 Å². The molecule has 0 aromatic rings. The van der Waals surface area contributed by atoms with Crippen LogP contribution in [-0.4, -0.2) is 75.5 Å². The number of esters is 2. The Kier molecular flexibility index (Phi) is 41.8. The van der Waals surface area contributed by atoms with Crippen LogP contribution in [0.1, 0.15) is 258 Å². The zero-order chi connectivity index (χ0) is 43.5. The van der Waals surface area contributed by atoms with Crippen molar-refractivity contribution in [3.63, 3.8) is 0 Å². The molecule has 0 fully saturated rings. The second-order valence-corrected chi connectivity index (χ2v) is 18.8. The minimum atomic E-state index is -1.12. The summed E-state index contributed by atoms with van der Waals surface area (Å²) in [5.41, 5.74) is 0. The van der Waals surface area contributed by atoms with Crippen LogP contribution in [-0.2, 0) is 28.6 Å². The van der Waals surface area contributed by atoms with Gasteiger partial charge in [0.2, 0.25) is 0 Å². The van der Waals surface area contributed by atoms with E-state index in [4.69, 9.17) is 14.2 Å². The van der Waals surface area contributed by atoms with Crippen molar-refractivity contribution < 1.29 is 38.2 Å². The molecule has 0 aromatic carbocycles. The number of carbonyl (C=O) groups is 3. The number of aliphatic carboxylic acids is 1. The average molecular weight is 838 g/mol. The summed E-state index contributed by atoms with van der Waals surface area (Å²) in [5.74, 6) is -1.71. The molecule has 8 nitrogen and oxygen atoms in total. The van der Waals surface area contributed by atoms with Crippen LogP contribution < -0.4 is 5.11 Å². The molecule has 0 aliphatic rings. The Morgan fingerprint density at radius 2 is 0.746 bits per heavy atom. The van der Waals surface area contributed by atoms with Crippen molar-refractivity contribution >= 4 is 17.9 Å². The maximum absolute atomic E-state index is 12.7. The van der Waals surface area contributed by atoms with Crippen molar-refractivity contribution in [3.8, 4) is 0 Å². The number of carboxylic acid groups (broad SMARTS) is 1. The number of quaternary nitrogens is 1. The van der Waals surface area contributed by atoms with E-state index in [0.29, 0.717) is 12.8 Å². The summed E-state index contributed by atoms with van der Waals surface area (Å²) in [6.45, 7) is 4.71. The highest BCUT2D eigenvalue weighted by Gasteiger charge is 2.25. The zero-order valence-electron chi connectivity index (χ0n) is 40.0. The van der Waals surface area contributed by atoms with Crippen molar-refractivity contribution in [3.05, 3.63) is 0 Å². The quantitative estimate of drug-likeness (QED) is 0.0342. The lowest BCUT2D eigenvalue weighted by molar-refractivity contribution is -0.889. The fourth-order valence-electron chi connectivity index (χ4n) is 8.02. The summed E-state index contributed by atoms with van der Waals surface area (Å²) >= 11 is 0. The van der Waals surface area contributed by atoms with Gasteiger partial charge in [-0.05, 0) is 12.8 Å². The van der Waals surface area contributed by atoms with E-state index in [-0.39, 0.29) is 42.7 Å². The van der Waals surface area contributed by atoms with E-state index >= 15 is 0 Å². The molecule has 0 aliphatic heterocycles. The van der Waals surface area contributed by atoms with Gasteiger partial charge in [-0.1, -0.05) is 226 Å². The lowest BCUT2D eigenvalue weighted by Crippen LogP contribution is -2.55. The van der Waals surface area contributed by atoms with Crippen LogP contribution in [0.2, 0.25) is 0 Å². The van der Waals surface area contributed by atoms with Gasteiger partial charge in [-0.3, -0.25) is 9.59 Å². The minimum absolute atomic E-state index is 0.0495. The van der Waals surface area contributed by atoms with Gasteiger partial charge in [0.25, 0.3) is 0 Å². The number of likely N-dealkylation sites (N-methyl/N-ethyl adjacent to an activating group) is 1. The summed E-state index contributed by atoms with van der Waals surface area (Å²) < 4.78 is 17.2. The Hall–Kier alpha value is -1.67. The number of carboxylic acids is 1. The molecule has 0 spiro atoms. The van der Waals surface area contributed by atoms with Gasteiger partial charge in [-0.15, -0.1) is 0 Å². The van der Waals surface area contributed by atoms with Crippen molar-refractivity contribution in [1.82, 2.24) is 0 Å². The van der Waals surface area contributed by atoms with Gasteiger partial charge in [0.15, 0.2) is 6.10 Å². The van der Waals surface area contributed by atoms with Crippen LogP contribution in [0.4, 0.5) is 0 Å². The van der Waals surface area contributed by atoms with Gasteiger partial charge < -0.3 is 28.6 Å². The summed E-state index contributed by atoms with van der Waals surface area (Å²) in [4.78, 5) is 37.0. The molecule has 0 saturated heterocycles. The number of unbranched alkanes of at least 4 members (excludes halogenated alkanes) is 33. The molecule has 0 rings (SSSR count). The van der Waals surface area contributed by atoms with Gasteiger partial charge in [0.1, 0.15) is 12.6 Å². The molecule has 0 saturated carbocycles. The molecule has 8 heteroatoms. The smallest absolute Gasteiger partial charge is 0.306 e. The molecular formula is C51H99NO7. The fraction of sp³-hybridized carbons (Fsp3) is 0.941. The molecule has 2 unspecified atom stereocenters. The number of carbonyl (C=O) groups excluding carboxylic acids is 3. The number of rotatable bonds is 47. The standard InChI is InChI=1S/C51H99NO7/c1-6-8-10-12-14-16-18-20-21-22-23-24-25-26-27-28-30-31-33-35-37-39-41-49(53)58-46-47(45-57-44-43-48(51(55)56)52(3,4)5)59-50(54)42-40-38-36-34-32-29-19-17-15-13-11-9-7-2/h47-48H,6-46H2,1-5H3. The van der Waals surface area contributed by atoms with Gasteiger partial charge in [0, 0.05) is 19.3 Å². The first-order valence-corrected chi connectivity index (χ1v) is 25.6. The van der Waals surface area contributed by atoms with E-state index in [9.17, 15) is 19.5 Å². The molecule has 2 atom stereocenters. The molecule has 59 heavy (non-hydrogen) atoms. The van der Waals surface area contributed by atoms with Crippen molar-refractivity contribution in [1.29, 1.82) is 0 Å². The van der Waals surface area contributed by atoms with Crippen LogP contribution >= 0.6 is 0 Å². The monoisotopic (exact) mass is 838 g/mol. The van der Waals surface area contributed by atoms with Gasteiger partial charge in [-0.2, -0.15) is 0 Å². The maximum atomic E-state index is 12.7. The van der Waals surface area contributed by atoms with Crippen molar-refractivity contribution in [2.24, 2.45) is 0 Å². The molecule has 0 aliphatic carbocycles. The van der Waals surface area contributed by atoms with E-state index in [0.717, 1.165) is 38.5 Å². The van der Waals surface area contributed by atoms with E-state index in [2.05, 4.69) is 13.8 Å². The lowest BCUT2D eigenvalue weighted by atomic mass is 10.0. The van der Waals surface area contributed by atoms with Crippen LogP contribution in [0.5, 0.6) is 0 Å². The molecule has 0 aromatic heterocycles. The Labute approximate surface area is 366 Å². The molecule has 0 heterocycles. The molecule has 0 N–H and O–H groups in total. The Balaban J connectivity index is 4.13. The third-order valence-corrected chi connectivity index (χ3v) is 12.0. The predicted octanol–water partition coefficient (Wildman–Crippen LogP) is 13.1. The fourth-order valence-corrected chi connectivity index (χ4v) is 8.02. The molecule has 0 amide bonds. The molecular weight excluding hydrogens is 739 g/mol. The molecule has 0 bridgehead atoms. The Morgan fingerprint density at radius 1 is 0.441 bits per heavy atom. The number of hydrogen-bond donors (Lipinski definition) is 0. The topological polar surface area (TPSA) is 102 Å². The normalized spacial score (nSPS) is 12.8. The SMILES string of the molecule is CCCCCCCCCCCCCCCCCCCCCCCCC(=O)OCC(COCCC(C(=O)[O-])[N+](C)(C)C)OC(=O)CCCCCCCCCCCCCCC. The summed E-state index contributed by atoms with van der Waals surface area (Å²) in [5, 5.41) is 11.6. The number of hydrogen-bond acceptors (Lipinski definition) is 7. The minimum Gasteiger partial charge on any atom is -0.544 e. The van der Waals surface area contributed by atoms with Crippen LogP contribution in [0, 0.1) is 0 Å². The second-order valence-electron chi connectivity index (χ2n) is 18.8. The summed E-state index contributed by atoms with van der Waals surface area (Å²) in [6.07, 6.45) is 45.6. The molecule has 350 valence electrons. The van der Waals surface area contributed by atoms with Crippen molar-refractivity contribution in [2.45, 2.75) is 270 Å². The van der Waals surface area contributed by atoms with Crippen LogP contribution in [0.15, 0.2) is 0 Å². The highest BCUT2D eigenvalue weighted by molar-refractivity contribution is 5.70. The third kappa shape index (κ3) is 41.5. The zero-order valence-corrected chi connectivity index (χ0v) is 40.0. The lowest BCUT2D eigenvalue weighted by Gasteiger charge is -2.34. The highest BCUT2D eigenvalue weighted by Crippen LogP contribution is 2.17. The van der Waals surface area contributed by atoms with E-state index in [1.54, 1.807) is 0 Å². The van der Waals surface area contributed by atoms with E-state index < -0.39 is 18.1 Å². The van der Waals surface area contributed by atoms with Gasteiger partial charge >= 0.3 is 11.9 Å². The first kappa shape index (κ1) is 57.3. The van der Waals surface area contributed by atoms with Crippen LogP contribution in [0.25, 0.3) is 0 Å². The van der Waals surface area contributed by atoms with E-state index in [1.807, 2.05) is 21.1 Å². The Bertz CT molecular complexity index is 936. The maximum Gasteiger partial charge on any atom is 0.306 e. The summed E-state index contributed by atoms with van der Waals surface area (Å²) in [6, 6.07) is -0.719. The largest absolute Gasteiger partial charge is 0.544 e. The first-order chi connectivity index (χ1) is 28.6. The second kappa shape index (κ2) is 43.0.